The lowest BCUT2D eigenvalue weighted by Crippen LogP contribution is -2.42. The molecular formula is C81H94BClN16O14P. The zero-order chi connectivity index (χ0) is 81.5. The Bertz CT molecular complexity index is 5420. The van der Waals surface area contributed by atoms with Gasteiger partial charge in [-0.05, 0) is 115 Å². The fourth-order valence-electron chi connectivity index (χ4n) is 12.1. The fourth-order valence-corrected chi connectivity index (χ4v) is 12.1. The molecule has 8 N–H and O–H groups in total. The summed E-state index contributed by atoms with van der Waals surface area (Å²) in [6.45, 7) is 7.10. The number of nitrogens with one attached hydrogen (secondary N) is 2. The second-order valence-electron chi connectivity index (χ2n) is 26.2. The molecule has 0 fully saturated rings. The number of aliphatic carboxylic acids is 1. The molecule has 2 unspecified atom stereocenters. The van der Waals surface area contributed by atoms with Gasteiger partial charge in [-0.3, -0.25) is 19.2 Å². The fraction of sp³-hybridized carbons (Fsp3) is 0.296. The number of aromatic hydroxyl groups is 1. The number of fused-ring (bicyclic) bond motifs is 8. The summed E-state index contributed by atoms with van der Waals surface area (Å²) in [6.07, 6.45) is 12.4. The quantitative estimate of drug-likeness (QED) is 0.0212. The average Bonchev–Trinajstić information content (AvgIpc) is 1.75. The van der Waals surface area contributed by atoms with Crippen LogP contribution < -0.4 is 34.7 Å². The van der Waals surface area contributed by atoms with Crippen molar-refractivity contribution in [1.82, 2.24) is 72.8 Å². The number of imidazole rings is 6. The number of halogens is 1. The number of aryl methyl sites for hydroxylation is 5. The molecule has 2 atom stereocenters. The largest absolute Gasteiger partial charge is 0.508 e. The molecule has 0 saturated heterocycles. The van der Waals surface area contributed by atoms with Gasteiger partial charge in [-0.15, -0.1) is 0 Å². The van der Waals surface area contributed by atoms with Crippen LogP contribution in [0, 0.1) is 0 Å². The number of carbonyl (C=O) groups excluding carboxylic acids is 2. The summed E-state index contributed by atoms with van der Waals surface area (Å²) in [5.74, 6) is 2.07. The maximum absolute atomic E-state index is 12.1. The molecular weight excluding hydrogens is 1500 g/mol. The van der Waals surface area contributed by atoms with Crippen LogP contribution in [0.3, 0.4) is 0 Å². The number of hydrogen-bond acceptors (Lipinski definition) is 22. The van der Waals surface area contributed by atoms with E-state index in [1.165, 1.54) is 22.3 Å². The normalized spacial score (nSPS) is 12.6. The van der Waals surface area contributed by atoms with Crippen LogP contribution in [0.5, 0.6) is 34.5 Å². The lowest BCUT2D eigenvalue weighted by Gasteiger charge is -2.30. The number of benzene rings is 8. The van der Waals surface area contributed by atoms with Gasteiger partial charge in [0.1, 0.15) is 42.8 Å². The number of aliphatic hydroxyl groups excluding tert-OH is 2. The second kappa shape index (κ2) is 43.7. The second-order valence-corrected chi connectivity index (χ2v) is 27.2. The van der Waals surface area contributed by atoms with Crippen molar-refractivity contribution in [3.8, 4) is 34.5 Å². The summed E-state index contributed by atoms with van der Waals surface area (Å²) in [6, 6.07) is 50.0. The molecule has 1 radical (unpaired) electrons. The van der Waals surface area contributed by atoms with Gasteiger partial charge >= 0.3 is 18.4 Å². The highest BCUT2D eigenvalue weighted by Crippen LogP contribution is 2.26. The maximum atomic E-state index is 12.1. The molecule has 0 saturated carbocycles. The number of β-amino-alcohol motifs (C(OH)–C–C–N with tert-alkyl or cyclic N) is 2. The van der Waals surface area contributed by atoms with Gasteiger partial charge in [-0.2, -0.15) is 11.5 Å². The number of phenolic OH excluding ortho intramolecular Hbond substituents is 1. The van der Waals surface area contributed by atoms with E-state index in [-0.39, 0.29) is 52.3 Å². The summed E-state index contributed by atoms with van der Waals surface area (Å²) in [4.78, 5) is 66.0. The molecule has 597 valence electrons. The molecule has 8 heterocycles. The number of aliphatic hydroxyl groups is 2. The van der Waals surface area contributed by atoms with E-state index < -0.39 is 18.2 Å². The third kappa shape index (κ3) is 25.8. The Kier molecular flexibility index (Phi) is 33.0. The van der Waals surface area contributed by atoms with Crippen LogP contribution in [0.4, 0.5) is 0 Å². The van der Waals surface area contributed by atoms with E-state index in [4.69, 9.17) is 60.4 Å². The van der Waals surface area contributed by atoms with Gasteiger partial charge in [0, 0.05) is 124 Å². The van der Waals surface area contributed by atoms with E-state index in [2.05, 4.69) is 92.5 Å². The number of nitrogens with zero attached hydrogens (tertiary/aromatic N) is 13. The van der Waals surface area contributed by atoms with E-state index in [0.29, 0.717) is 43.5 Å². The van der Waals surface area contributed by atoms with Gasteiger partial charge in [0.2, 0.25) is 0 Å². The summed E-state index contributed by atoms with van der Waals surface area (Å²) in [5.41, 5.74) is 22.3. The van der Waals surface area contributed by atoms with Crippen LogP contribution in [0.15, 0.2) is 196 Å². The van der Waals surface area contributed by atoms with Crippen molar-refractivity contribution in [2.75, 3.05) is 79.9 Å². The van der Waals surface area contributed by atoms with Crippen LogP contribution in [0.1, 0.15) is 29.2 Å². The van der Waals surface area contributed by atoms with Gasteiger partial charge in [0.05, 0.1) is 137 Å². The van der Waals surface area contributed by atoms with E-state index in [9.17, 15) is 24.6 Å². The number of rotatable bonds is 20. The van der Waals surface area contributed by atoms with Crippen LogP contribution in [0.25, 0.3) is 66.2 Å². The molecule has 0 aliphatic carbocycles. The smallest absolute Gasteiger partial charge is 0.361 e. The van der Waals surface area contributed by atoms with E-state index in [0.717, 1.165) is 123 Å². The van der Waals surface area contributed by atoms with Crippen LogP contribution in [-0.2, 0) is 84.9 Å². The SMILES string of the molecule is CCOC(=O)COc1ccc2c(c1)ncn2C.COc1ccc2c(c1)ncn2C.COc1ccc2nc[nH]c2c1.Cn1cnc2cc(O)ccc21.Cn1cnc2cc(OCC(=O)NCC(O)CN3CCc4ccccc4C3)ccc21.Cn1cnc2cc(OCC(=O)O)ccc21.NCC(O)CN1CCc2ccccc2C1.O=P[B]Cl. The summed E-state index contributed by atoms with van der Waals surface area (Å²) in [5, 5.41) is 40.1. The third-order valence-corrected chi connectivity index (χ3v) is 18.3. The number of methoxy groups -OCH3 is 2. The van der Waals surface area contributed by atoms with E-state index >= 15 is 0 Å². The van der Waals surface area contributed by atoms with Gasteiger partial charge in [-0.1, -0.05) is 48.5 Å². The molecule has 8 aromatic carbocycles. The van der Waals surface area contributed by atoms with Gasteiger partial charge in [0.15, 0.2) is 19.8 Å². The zero-order valence-electron chi connectivity index (χ0n) is 64.7. The molecule has 33 heteroatoms. The number of H-pyrrole nitrogens is 1. The zero-order valence-corrected chi connectivity index (χ0v) is 66.3. The number of carboxylic acids is 1. The number of aromatic nitrogens is 12. The number of carboxylic acid groups (broad SMARTS) is 1. The van der Waals surface area contributed by atoms with Crippen molar-refractivity contribution in [3.63, 3.8) is 0 Å². The Morgan fingerprint density at radius 3 is 1.37 bits per heavy atom. The Balaban J connectivity index is 0.000000155. The molecule has 14 aromatic rings. The molecule has 1 amide bonds. The minimum absolute atomic E-state index is 0.0772. The van der Waals surface area contributed by atoms with Crippen molar-refractivity contribution in [3.05, 3.63) is 218 Å². The first-order valence-corrected chi connectivity index (χ1v) is 37.6. The number of amides is 1. The van der Waals surface area contributed by atoms with Crippen molar-refractivity contribution in [1.29, 1.82) is 0 Å². The molecule has 0 spiro atoms. The van der Waals surface area contributed by atoms with Gasteiger partial charge in [-0.25, -0.2) is 39.5 Å². The molecule has 0 bridgehead atoms. The highest BCUT2D eigenvalue weighted by molar-refractivity contribution is 7.70. The first-order valence-electron chi connectivity index (χ1n) is 36.3. The van der Waals surface area contributed by atoms with Crippen LogP contribution >= 0.6 is 19.8 Å². The van der Waals surface area contributed by atoms with Crippen molar-refractivity contribution in [2.24, 2.45) is 41.0 Å². The predicted molar refractivity (Wildman–Crippen MR) is 439 cm³/mol. The highest BCUT2D eigenvalue weighted by atomic mass is 35.5. The van der Waals surface area contributed by atoms with Gasteiger partial charge in [0.25, 0.3) is 5.91 Å². The number of carbonyl (C=O) groups is 3. The Morgan fingerprint density at radius 1 is 0.535 bits per heavy atom. The average molecular weight is 1590 g/mol. The molecule has 30 nitrogen and oxygen atoms in total. The van der Waals surface area contributed by atoms with Crippen molar-refractivity contribution in [2.45, 2.75) is 45.1 Å². The first kappa shape index (κ1) is 86.0. The minimum Gasteiger partial charge on any atom is -0.508 e. The minimum atomic E-state index is -0.990. The predicted octanol–water partition coefficient (Wildman–Crippen LogP) is 9.89. The van der Waals surface area contributed by atoms with Crippen LogP contribution in [-0.4, -0.2) is 204 Å². The molecule has 6 aromatic heterocycles. The lowest BCUT2D eigenvalue weighted by atomic mass is 10.00. The van der Waals surface area contributed by atoms with E-state index in [1.807, 2.05) is 143 Å². The Hall–Kier alpha value is -12.0. The molecule has 16 rings (SSSR count). The van der Waals surface area contributed by atoms with Crippen molar-refractivity contribution >= 4 is 110 Å². The molecule has 2 aliphatic heterocycles. The number of hydrogen-bond donors (Lipinski definition) is 7. The number of nitrogens with two attached hydrogens (primary N) is 1. The standard InChI is InChI=1S/C22H26N4O3.C12H14N2O3.C12H18N2O.C10H10N2O3.C9H10N2O.2C8H8N2O.BClOP/c1-25-15-24-20-10-19(6-7-21(20)25)29-14-22(28)23-11-18(27)13-26-9-8-16-4-2-3-5-17(16)12-26;1-3-16-12(15)7-17-9-4-5-11-10(6-9)13-8-14(11)2;13-7-12(15)9-14-6-5-10-3-1-2-4-11(10)8-14;1-12-6-11-8-4-7(2-3-9(8)12)15-5-10(13)14;1-11-6-10-8-5-7(12-2)3-4-9(8)11;1-10-5-9-7-4-6(11)2-3-8(7)10;1-11-6-2-3-7-8(4-6)10-5-9-7;2-1-4-3/h2-7,10,15,18,27H,8-9,11-14H2,1H3,(H,23,28);4-6,8H,3,7H2,1-2H3;1-4,12,15H,5-9,13H2;2-4,6H,5H2,1H3,(H,13,14);3-6H,1-2H3;2-5,11H,1H3;2-5H,1H3,(H,9,10);. The first-order chi connectivity index (χ1) is 55.1. The Labute approximate surface area is 665 Å². The topological polar surface area (TPSA) is 367 Å². The van der Waals surface area contributed by atoms with Crippen LogP contribution in [0.2, 0.25) is 0 Å². The summed E-state index contributed by atoms with van der Waals surface area (Å²) >= 11 is 4.74. The molecule has 2 aliphatic rings. The number of aromatic amines is 1. The summed E-state index contributed by atoms with van der Waals surface area (Å²) in [7, 11) is 12.8. The van der Waals surface area contributed by atoms with Crippen molar-refractivity contribution < 1.29 is 67.8 Å². The Morgan fingerprint density at radius 2 is 0.930 bits per heavy atom. The number of esters is 1. The lowest BCUT2D eigenvalue weighted by molar-refractivity contribution is -0.145. The number of ether oxygens (including phenoxy) is 6. The number of phenols is 1. The molecule has 114 heavy (non-hydrogen) atoms. The summed E-state index contributed by atoms with van der Waals surface area (Å²) < 4.78 is 49.5. The third-order valence-electron chi connectivity index (χ3n) is 18.0. The van der Waals surface area contributed by atoms with E-state index in [1.54, 1.807) is 89.4 Å². The monoisotopic (exact) mass is 1590 g/mol. The van der Waals surface area contributed by atoms with Gasteiger partial charge < -0.3 is 87.7 Å². The maximum Gasteiger partial charge on any atom is 0.361 e. The highest BCUT2D eigenvalue weighted by Gasteiger charge is 2.21.